The van der Waals surface area contributed by atoms with Crippen LogP contribution in [0.2, 0.25) is 0 Å². The number of methoxy groups -OCH3 is 1. The molecule has 4 atom stereocenters. The number of halogens is 4. The highest BCUT2D eigenvalue weighted by Crippen LogP contribution is 2.30. The second-order valence-electron chi connectivity index (χ2n) is 8.50. The van der Waals surface area contributed by atoms with E-state index in [1.807, 2.05) is 0 Å². The zero-order valence-corrected chi connectivity index (χ0v) is 21.9. The summed E-state index contributed by atoms with van der Waals surface area (Å²) in [6.45, 7) is -0.335. The summed E-state index contributed by atoms with van der Waals surface area (Å²) in [5, 5.41) is 8.90. The Morgan fingerprint density at radius 2 is 1.13 bits per heavy atom. The van der Waals surface area contributed by atoms with Crippen LogP contribution in [-0.2, 0) is 34.4 Å². The minimum atomic E-state index is -4.14. The number of ether oxygens (including phenoxy) is 1. The Morgan fingerprint density at radius 3 is 1.49 bits per heavy atom. The van der Waals surface area contributed by atoms with Gasteiger partial charge in [-0.15, -0.1) is 0 Å². The van der Waals surface area contributed by atoms with Crippen molar-refractivity contribution in [1.29, 1.82) is 0 Å². The first kappa shape index (κ1) is 30.5. The predicted molar refractivity (Wildman–Crippen MR) is 127 cm³/mol. The standard InChI is InChI=1S/C12H13F2NO4S.C11H11F2NO4S/c1-19-12(16)11-10(14)6-7-15(11)20(17,18)9-4-2-8(13)3-5-9;12-7-1-3-8(4-2-7)19(17,18)14-6-5-9(13)10(14)11(15)16/h2-5,10-11H,6-7H2,1H3;1-4,9-10H,5-6H2,(H,15,16)/t10-,11-;9-,10-/m00/s1. The number of carboxylic acid groups (broad SMARTS) is 1. The third-order valence-corrected chi connectivity index (χ3v) is 9.88. The molecule has 2 aromatic carbocycles. The van der Waals surface area contributed by atoms with Crippen LogP contribution >= 0.6 is 0 Å². The topological polar surface area (TPSA) is 138 Å². The van der Waals surface area contributed by atoms with Crippen LogP contribution in [0.25, 0.3) is 0 Å². The summed E-state index contributed by atoms with van der Waals surface area (Å²) < 4.78 is 108. The van der Waals surface area contributed by atoms with E-state index in [9.17, 15) is 44.0 Å². The molecule has 2 saturated heterocycles. The number of rotatable bonds is 6. The van der Waals surface area contributed by atoms with Gasteiger partial charge in [-0.25, -0.2) is 34.4 Å². The highest BCUT2D eigenvalue weighted by Gasteiger charge is 2.47. The van der Waals surface area contributed by atoms with Gasteiger partial charge in [0.2, 0.25) is 20.0 Å². The third-order valence-electron chi connectivity index (χ3n) is 6.09. The summed E-state index contributed by atoms with van der Waals surface area (Å²) in [6.07, 6.45) is -3.61. The molecular weight excluding hydrogens is 572 g/mol. The van der Waals surface area contributed by atoms with Crippen LogP contribution in [-0.4, -0.2) is 87.1 Å². The Morgan fingerprint density at radius 1 is 0.769 bits per heavy atom. The van der Waals surface area contributed by atoms with Crippen LogP contribution in [0.15, 0.2) is 58.3 Å². The van der Waals surface area contributed by atoms with Crippen molar-refractivity contribution < 1.29 is 53.8 Å². The Labute approximate surface area is 221 Å². The quantitative estimate of drug-likeness (QED) is 0.396. The van der Waals surface area contributed by atoms with E-state index in [0.717, 1.165) is 59.9 Å². The fourth-order valence-electron chi connectivity index (χ4n) is 4.14. The van der Waals surface area contributed by atoms with Gasteiger partial charge in [0.1, 0.15) is 24.0 Å². The van der Waals surface area contributed by atoms with E-state index in [1.165, 1.54) is 0 Å². The van der Waals surface area contributed by atoms with Crippen molar-refractivity contribution in [3.63, 3.8) is 0 Å². The maximum atomic E-state index is 13.7. The van der Waals surface area contributed by atoms with Gasteiger partial charge in [-0.05, 0) is 61.4 Å². The molecule has 0 radical (unpaired) electrons. The highest BCUT2D eigenvalue weighted by atomic mass is 32.2. The molecule has 0 amide bonds. The zero-order valence-electron chi connectivity index (χ0n) is 20.3. The molecule has 39 heavy (non-hydrogen) atoms. The highest BCUT2D eigenvalue weighted by molar-refractivity contribution is 7.89. The minimum Gasteiger partial charge on any atom is -0.480 e. The average Bonchev–Trinajstić information content (AvgIpc) is 3.48. The Hall–Kier alpha value is -3.08. The number of hydrogen-bond donors (Lipinski definition) is 1. The van der Waals surface area contributed by atoms with E-state index >= 15 is 0 Å². The van der Waals surface area contributed by atoms with E-state index < -0.39 is 68.0 Å². The van der Waals surface area contributed by atoms with E-state index in [0.29, 0.717) is 4.31 Å². The predicted octanol–water partition coefficient (Wildman–Crippen LogP) is 2.11. The molecule has 0 bridgehead atoms. The van der Waals surface area contributed by atoms with E-state index in [2.05, 4.69) is 4.74 Å². The summed E-state index contributed by atoms with van der Waals surface area (Å²) in [5.41, 5.74) is 0. The van der Waals surface area contributed by atoms with Crippen molar-refractivity contribution in [3.8, 4) is 0 Å². The number of nitrogens with zero attached hydrogens (tertiary/aromatic N) is 2. The molecule has 2 fully saturated rings. The number of aliphatic carboxylic acids is 1. The molecule has 0 aromatic heterocycles. The van der Waals surface area contributed by atoms with E-state index in [-0.39, 0.29) is 35.7 Å². The first-order valence-electron chi connectivity index (χ1n) is 11.4. The van der Waals surface area contributed by atoms with E-state index in [1.54, 1.807) is 0 Å². The van der Waals surface area contributed by atoms with Gasteiger partial charge in [-0.1, -0.05) is 0 Å². The number of esters is 1. The molecule has 2 aliphatic heterocycles. The Bertz CT molecular complexity index is 1410. The molecule has 10 nitrogen and oxygen atoms in total. The van der Waals surface area contributed by atoms with Gasteiger partial charge in [0.05, 0.1) is 16.9 Å². The van der Waals surface area contributed by atoms with Crippen LogP contribution < -0.4 is 0 Å². The van der Waals surface area contributed by atoms with Gasteiger partial charge >= 0.3 is 11.9 Å². The Balaban J connectivity index is 0.000000216. The fourth-order valence-corrected chi connectivity index (χ4v) is 7.37. The number of hydrogen-bond acceptors (Lipinski definition) is 7. The number of carbonyl (C=O) groups is 2. The van der Waals surface area contributed by atoms with Crippen molar-refractivity contribution in [2.45, 2.75) is 47.1 Å². The third kappa shape index (κ3) is 6.40. The number of carbonyl (C=O) groups excluding carboxylic acids is 1. The van der Waals surface area contributed by atoms with E-state index in [4.69, 9.17) is 5.11 Å². The molecule has 0 aliphatic carbocycles. The summed E-state index contributed by atoms with van der Waals surface area (Å²) in [6, 6.07) is 4.85. The maximum absolute atomic E-state index is 13.7. The van der Waals surface area contributed by atoms with Crippen LogP contribution in [0.3, 0.4) is 0 Å². The molecule has 4 rings (SSSR count). The number of benzene rings is 2. The number of sulfonamides is 2. The normalized spacial score (nSPS) is 24.1. The van der Waals surface area contributed by atoms with Crippen molar-refractivity contribution >= 4 is 32.0 Å². The minimum absolute atomic E-state index is 0.0831. The fraction of sp³-hybridized carbons (Fsp3) is 0.391. The lowest BCUT2D eigenvalue weighted by Gasteiger charge is -2.22. The first-order valence-corrected chi connectivity index (χ1v) is 14.2. The molecule has 1 N–H and O–H groups in total. The van der Waals surface area contributed by atoms with Crippen LogP contribution in [0.5, 0.6) is 0 Å². The second-order valence-corrected chi connectivity index (χ2v) is 12.3. The average molecular weight is 597 g/mol. The van der Waals surface area contributed by atoms with Gasteiger partial charge in [0, 0.05) is 13.1 Å². The summed E-state index contributed by atoms with van der Waals surface area (Å²) >= 11 is 0. The summed E-state index contributed by atoms with van der Waals surface area (Å²) in [7, 11) is -7.14. The molecule has 0 unspecified atom stereocenters. The molecule has 0 spiro atoms. The van der Waals surface area contributed by atoms with Crippen molar-refractivity contribution in [2.24, 2.45) is 0 Å². The van der Waals surface area contributed by atoms with Gasteiger partial charge in [-0.2, -0.15) is 8.61 Å². The second kappa shape index (κ2) is 12.0. The molecule has 2 aliphatic rings. The van der Waals surface area contributed by atoms with Crippen LogP contribution in [0.4, 0.5) is 17.6 Å². The molecule has 2 heterocycles. The zero-order chi connectivity index (χ0) is 29.1. The lowest BCUT2D eigenvalue weighted by Crippen LogP contribution is -2.44. The van der Waals surface area contributed by atoms with Gasteiger partial charge in [-0.3, -0.25) is 9.59 Å². The summed E-state index contributed by atoms with van der Waals surface area (Å²) in [4.78, 5) is 22.0. The maximum Gasteiger partial charge on any atom is 0.327 e. The van der Waals surface area contributed by atoms with Gasteiger partial charge < -0.3 is 9.84 Å². The number of alkyl halides is 2. The van der Waals surface area contributed by atoms with Crippen molar-refractivity contribution in [3.05, 3.63) is 60.2 Å². The van der Waals surface area contributed by atoms with Crippen molar-refractivity contribution in [2.75, 3.05) is 20.2 Å². The smallest absolute Gasteiger partial charge is 0.327 e. The molecule has 16 heteroatoms. The van der Waals surface area contributed by atoms with Gasteiger partial charge in [0.25, 0.3) is 0 Å². The molecule has 0 saturated carbocycles. The van der Waals surface area contributed by atoms with Gasteiger partial charge in [0.15, 0.2) is 12.1 Å². The molecule has 2 aromatic rings. The monoisotopic (exact) mass is 596 g/mol. The molecule has 214 valence electrons. The van der Waals surface area contributed by atoms with Crippen LogP contribution in [0.1, 0.15) is 12.8 Å². The Kier molecular flexibility index (Phi) is 9.35. The van der Waals surface area contributed by atoms with Crippen molar-refractivity contribution in [1.82, 2.24) is 8.61 Å². The summed E-state index contributed by atoms with van der Waals surface area (Å²) in [5.74, 6) is -3.67. The SMILES string of the molecule is COC(=O)[C@@H]1[C@@H](F)CCN1S(=O)(=O)c1ccc(F)cc1.O=C(O)[C@@H]1[C@@H](F)CCN1S(=O)(=O)c1ccc(F)cc1. The largest absolute Gasteiger partial charge is 0.480 e. The lowest BCUT2D eigenvalue weighted by atomic mass is 10.2. The van der Waals surface area contributed by atoms with Crippen LogP contribution in [0, 0.1) is 11.6 Å². The lowest BCUT2D eigenvalue weighted by molar-refractivity contribution is -0.146. The molecular formula is C23H24F4N2O8S2. The first-order chi connectivity index (χ1) is 18.2. The number of carboxylic acids is 1.